The second-order valence-corrected chi connectivity index (χ2v) is 11.1. The first-order chi connectivity index (χ1) is 14.6. The molecule has 2 saturated carbocycles. The Morgan fingerprint density at radius 3 is 2.67 bits per heavy atom. The van der Waals surface area contributed by atoms with Gasteiger partial charge in [-0.05, 0) is 103 Å². The van der Waals surface area contributed by atoms with Crippen molar-refractivity contribution >= 4 is 11.8 Å². The van der Waals surface area contributed by atoms with Gasteiger partial charge in [0.1, 0.15) is 12.4 Å². The second-order valence-electron chi connectivity index (χ2n) is 10.0. The molecule has 3 aliphatic rings. The molecular weight excluding hydrogens is 384 g/mol. The third kappa shape index (κ3) is 3.40. The summed E-state index contributed by atoms with van der Waals surface area (Å²) in [6, 6.07) is 15.5. The molecule has 0 N–H and O–H groups in total. The standard InChI is InChI=1S/C28H36OS/c1-4-20-16-24-21(17-26(20)29-18-19-8-6-5-7-9-19)10-11-23-22(24)14-15-28(2)25(23)12-13-27(28)30-3/h5-9,16-17,22-23,25,27H,4,10-15,18H2,1-3H3/t22-,23+,25-,27-,28-/m0/s1. The maximum Gasteiger partial charge on any atom is 0.123 e. The van der Waals surface area contributed by atoms with E-state index in [1.54, 1.807) is 11.1 Å². The van der Waals surface area contributed by atoms with Crippen LogP contribution in [0.1, 0.15) is 74.1 Å². The highest BCUT2D eigenvalue weighted by atomic mass is 32.2. The minimum atomic E-state index is 0.574. The van der Waals surface area contributed by atoms with Crippen LogP contribution in [0, 0.1) is 17.3 Å². The molecule has 0 heterocycles. The first kappa shape index (κ1) is 20.5. The van der Waals surface area contributed by atoms with Gasteiger partial charge in [0.15, 0.2) is 0 Å². The number of thioether (sulfide) groups is 1. The highest BCUT2D eigenvalue weighted by Gasteiger charge is 2.54. The van der Waals surface area contributed by atoms with Crippen LogP contribution >= 0.6 is 11.8 Å². The van der Waals surface area contributed by atoms with E-state index in [1.165, 1.54) is 49.7 Å². The van der Waals surface area contributed by atoms with E-state index in [0.29, 0.717) is 12.0 Å². The molecule has 2 aromatic rings. The van der Waals surface area contributed by atoms with E-state index >= 15 is 0 Å². The molecule has 0 aromatic heterocycles. The summed E-state index contributed by atoms with van der Waals surface area (Å²) in [7, 11) is 0. The van der Waals surface area contributed by atoms with Gasteiger partial charge < -0.3 is 4.74 Å². The monoisotopic (exact) mass is 420 g/mol. The van der Waals surface area contributed by atoms with Crippen molar-refractivity contribution in [3.05, 3.63) is 64.7 Å². The quantitative estimate of drug-likeness (QED) is 0.498. The Morgan fingerprint density at radius 2 is 1.90 bits per heavy atom. The zero-order valence-electron chi connectivity index (χ0n) is 18.8. The molecule has 1 nitrogen and oxygen atoms in total. The summed E-state index contributed by atoms with van der Waals surface area (Å²) in [5.74, 6) is 3.72. The van der Waals surface area contributed by atoms with Crippen molar-refractivity contribution in [3.8, 4) is 5.75 Å². The van der Waals surface area contributed by atoms with Crippen molar-refractivity contribution in [2.75, 3.05) is 6.26 Å². The molecular formula is C28H36OS. The number of hydrogen-bond donors (Lipinski definition) is 0. The van der Waals surface area contributed by atoms with Gasteiger partial charge in [0.25, 0.3) is 0 Å². The van der Waals surface area contributed by atoms with E-state index in [9.17, 15) is 0 Å². The molecule has 3 aliphatic carbocycles. The Balaban J connectivity index is 1.40. The summed E-state index contributed by atoms with van der Waals surface area (Å²) in [5.41, 5.74) is 6.45. The number of aryl methyl sites for hydroxylation is 2. The van der Waals surface area contributed by atoms with Gasteiger partial charge in [0.2, 0.25) is 0 Å². The molecule has 0 radical (unpaired) electrons. The molecule has 0 unspecified atom stereocenters. The zero-order valence-corrected chi connectivity index (χ0v) is 19.6. The Bertz CT molecular complexity index is 891. The molecule has 0 bridgehead atoms. The van der Waals surface area contributed by atoms with Crippen LogP contribution in [0.4, 0.5) is 0 Å². The van der Waals surface area contributed by atoms with E-state index in [1.807, 2.05) is 0 Å². The lowest BCUT2D eigenvalue weighted by Crippen LogP contribution is -2.43. The third-order valence-corrected chi connectivity index (χ3v) is 10.1. The van der Waals surface area contributed by atoms with Crippen LogP contribution in [0.2, 0.25) is 0 Å². The van der Waals surface area contributed by atoms with E-state index < -0.39 is 0 Å². The van der Waals surface area contributed by atoms with Crippen molar-refractivity contribution in [2.45, 2.75) is 76.6 Å². The van der Waals surface area contributed by atoms with E-state index in [0.717, 1.165) is 35.2 Å². The van der Waals surface area contributed by atoms with Crippen molar-refractivity contribution in [1.82, 2.24) is 0 Å². The average Bonchev–Trinajstić information content (AvgIpc) is 3.13. The Hall–Kier alpha value is -1.41. The van der Waals surface area contributed by atoms with Crippen LogP contribution < -0.4 is 4.74 Å². The molecule has 0 amide bonds. The van der Waals surface area contributed by atoms with Crippen molar-refractivity contribution < 1.29 is 4.74 Å². The lowest BCUT2D eigenvalue weighted by Gasteiger charge is -2.51. The molecule has 160 valence electrons. The predicted octanol–water partition coefficient (Wildman–Crippen LogP) is 7.42. The van der Waals surface area contributed by atoms with Gasteiger partial charge in [-0.25, -0.2) is 0 Å². The van der Waals surface area contributed by atoms with Gasteiger partial charge in [-0.2, -0.15) is 11.8 Å². The molecule has 0 aliphatic heterocycles. The van der Waals surface area contributed by atoms with Crippen LogP contribution in [0.5, 0.6) is 5.75 Å². The molecule has 0 spiro atoms. The Morgan fingerprint density at radius 1 is 1.07 bits per heavy atom. The molecule has 2 fully saturated rings. The van der Waals surface area contributed by atoms with Crippen molar-refractivity contribution in [2.24, 2.45) is 17.3 Å². The molecule has 0 saturated heterocycles. The van der Waals surface area contributed by atoms with Gasteiger partial charge in [-0.3, -0.25) is 0 Å². The van der Waals surface area contributed by atoms with E-state index in [2.05, 4.69) is 74.3 Å². The van der Waals surface area contributed by atoms with Gasteiger partial charge in [0, 0.05) is 5.25 Å². The van der Waals surface area contributed by atoms with Gasteiger partial charge >= 0.3 is 0 Å². The van der Waals surface area contributed by atoms with Gasteiger partial charge in [-0.15, -0.1) is 0 Å². The number of hydrogen-bond acceptors (Lipinski definition) is 2. The number of fused-ring (bicyclic) bond motifs is 5. The fourth-order valence-corrected chi connectivity index (χ4v) is 8.33. The molecule has 2 heteroatoms. The highest BCUT2D eigenvalue weighted by Crippen LogP contribution is 2.63. The van der Waals surface area contributed by atoms with Crippen LogP contribution in [-0.4, -0.2) is 11.5 Å². The Labute approximate surface area is 187 Å². The van der Waals surface area contributed by atoms with E-state index in [-0.39, 0.29) is 0 Å². The SMILES string of the molecule is CCc1cc2c(cc1OCc1ccccc1)CC[C@@H]1[C@@H]2CC[C@]2(C)[C@@H](SC)CC[C@@H]12. The number of rotatable bonds is 5. The normalized spacial score (nSPS) is 32.2. The molecule has 2 aromatic carbocycles. The number of benzene rings is 2. The van der Waals surface area contributed by atoms with Crippen LogP contribution in [-0.2, 0) is 19.4 Å². The third-order valence-electron chi connectivity index (χ3n) is 8.72. The van der Waals surface area contributed by atoms with Gasteiger partial charge in [-0.1, -0.05) is 50.2 Å². The number of ether oxygens (including phenoxy) is 1. The maximum absolute atomic E-state index is 6.33. The molecule has 5 rings (SSSR count). The zero-order chi connectivity index (χ0) is 20.7. The summed E-state index contributed by atoms with van der Waals surface area (Å²) >= 11 is 2.14. The summed E-state index contributed by atoms with van der Waals surface area (Å²) in [6.45, 7) is 5.56. The van der Waals surface area contributed by atoms with Crippen LogP contribution in [0.15, 0.2) is 42.5 Å². The average molecular weight is 421 g/mol. The van der Waals surface area contributed by atoms with Crippen molar-refractivity contribution in [1.29, 1.82) is 0 Å². The first-order valence-electron chi connectivity index (χ1n) is 12.0. The fraction of sp³-hybridized carbons (Fsp3) is 0.571. The van der Waals surface area contributed by atoms with Crippen LogP contribution in [0.3, 0.4) is 0 Å². The van der Waals surface area contributed by atoms with Crippen LogP contribution in [0.25, 0.3) is 0 Å². The largest absolute Gasteiger partial charge is 0.489 e. The molecule has 30 heavy (non-hydrogen) atoms. The molecule has 5 atom stereocenters. The second kappa shape index (κ2) is 8.26. The van der Waals surface area contributed by atoms with Crippen molar-refractivity contribution in [3.63, 3.8) is 0 Å². The summed E-state index contributed by atoms with van der Waals surface area (Å²) in [5, 5.41) is 0.879. The van der Waals surface area contributed by atoms with Gasteiger partial charge in [0.05, 0.1) is 0 Å². The minimum absolute atomic E-state index is 0.574. The fourth-order valence-electron chi connectivity index (χ4n) is 7.13. The lowest BCUT2D eigenvalue weighted by molar-refractivity contribution is 0.0630. The summed E-state index contributed by atoms with van der Waals surface area (Å²) < 4.78 is 6.33. The predicted molar refractivity (Wildman–Crippen MR) is 129 cm³/mol. The summed E-state index contributed by atoms with van der Waals surface area (Å²) in [6.07, 6.45) is 11.7. The lowest BCUT2D eigenvalue weighted by atomic mass is 9.55. The highest BCUT2D eigenvalue weighted by molar-refractivity contribution is 7.99. The summed E-state index contributed by atoms with van der Waals surface area (Å²) in [4.78, 5) is 0. The minimum Gasteiger partial charge on any atom is -0.489 e. The van der Waals surface area contributed by atoms with E-state index in [4.69, 9.17) is 4.74 Å². The maximum atomic E-state index is 6.33. The Kier molecular flexibility index (Phi) is 5.64. The smallest absolute Gasteiger partial charge is 0.123 e. The first-order valence-corrected chi connectivity index (χ1v) is 13.3. The topological polar surface area (TPSA) is 9.23 Å².